The number of hydrogen-bond acceptors (Lipinski definition) is 2. The van der Waals surface area contributed by atoms with Crippen LogP contribution in [-0.4, -0.2) is 35.5 Å². The Morgan fingerprint density at radius 1 is 1.50 bits per heavy atom. The van der Waals surface area contributed by atoms with Crippen molar-refractivity contribution in [3.8, 4) is 6.07 Å². The SMILES string of the molecule is CCN(CCC#N)CC(Br)C(F)(F)F. The molecule has 14 heavy (non-hydrogen) atoms. The average Bonchev–Trinajstić information content (AvgIpc) is 2.10. The van der Waals surface area contributed by atoms with Crippen LogP contribution in [-0.2, 0) is 0 Å². The summed E-state index contributed by atoms with van der Waals surface area (Å²) in [7, 11) is 0. The Morgan fingerprint density at radius 3 is 2.43 bits per heavy atom. The second-order valence-corrected chi connectivity index (χ2v) is 3.92. The van der Waals surface area contributed by atoms with Crippen molar-refractivity contribution in [2.75, 3.05) is 19.6 Å². The molecule has 0 amide bonds. The second kappa shape index (κ2) is 6.25. The molecule has 1 atom stereocenters. The number of rotatable bonds is 5. The lowest BCUT2D eigenvalue weighted by molar-refractivity contribution is -0.130. The van der Waals surface area contributed by atoms with Crippen LogP contribution >= 0.6 is 15.9 Å². The third-order valence-electron chi connectivity index (χ3n) is 1.76. The molecule has 0 aliphatic rings. The predicted octanol–water partition coefficient (Wildman–Crippen LogP) is 2.55. The van der Waals surface area contributed by atoms with E-state index in [9.17, 15) is 13.2 Å². The molecule has 82 valence electrons. The maximum atomic E-state index is 12.1. The molecule has 0 aromatic carbocycles. The van der Waals surface area contributed by atoms with Crippen LogP contribution in [0, 0.1) is 11.3 Å². The number of hydrogen-bond donors (Lipinski definition) is 0. The van der Waals surface area contributed by atoms with Crippen LogP contribution in [0.4, 0.5) is 13.2 Å². The number of nitrogens with zero attached hydrogens (tertiary/aromatic N) is 2. The fraction of sp³-hybridized carbons (Fsp3) is 0.875. The Kier molecular flexibility index (Phi) is 6.12. The van der Waals surface area contributed by atoms with E-state index in [1.165, 1.54) is 0 Å². The quantitative estimate of drug-likeness (QED) is 0.720. The first-order valence-electron chi connectivity index (χ1n) is 4.22. The van der Waals surface area contributed by atoms with E-state index in [1.54, 1.807) is 11.8 Å². The molecule has 0 aromatic rings. The molecule has 0 aromatic heterocycles. The summed E-state index contributed by atoms with van der Waals surface area (Å²) in [5.74, 6) is 0. The summed E-state index contributed by atoms with van der Waals surface area (Å²) < 4.78 is 36.4. The van der Waals surface area contributed by atoms with Crippen LogP contribution in [0.2, 0.25) is 0 Å². The zero-order valence-electron chi connectivity index (χ0n) is 7.81. The molecule has 0 rings (SSSR count). The smallest absolute Gasteiger partial charge is 0.301 e. The summed E-state index contributed by atoms with van der Waals surface area (Å²) in [6.45, 7) is 2.56. The summed E-state index contributed by atoms with van der Waals surface area (Å²) >= 11 is 2.58. The molecule has 0 heterocycles. The summed E-state index contributed by atoms with van der Waals surface area (Å²) in [5, 5.41) is 8.29. The maximum Gasteiger partial charge on any atom is 0.402 e. The molecule has 0 spiro atoms. The highest BCUT2D eigenvalue weighted by Crippen LogP contribution is 2.26. The van der Waals surface area contributed by atoms with Crippen LogP contribution in [0.5, 0.6) is 0 Å². The van der Waals surface area contributed by atoms with Gasteiger partial charge < -0.3 is 4.90 Å². The van der Waals surface area contributed by atoms with Crippen molar-refractivity contribution < 1.29 is 13.2 Å². The van der Waals surface area contributed by atoms with Crippen molar-refractivity contribution in [3.05, 3.63) is 0 Å². The predicted molar refractivity (Wildman–Crippen MR) is 51.1 cm³/mol. The molecule has 0 fully saturated rings. The van der Waals surface area contributed by atoms with Crippen molar-refractivity contribution in [3.63, 3.8) is 0 Å². The first kappa shape index (κ1) is 13.7. The van der Waals surface area contributed by atoms with Crippen molar-refractivity contribution in [2.45, 2.75) is 24.3 Å². The van der Waals surface area contributed by atoms with Gasteiger partial charge in [-0.05, 0) is 6.54 Å². The van der Waals surface area contributed by atoms with Gasteiger partial charge in [0.05, 0.1) is 6.07 Å². The van der Waals surface area contributed by atoms with Crippen LogP contribution in [0.3, 0.4) is 0 Å². The molecule has 0 saturated heterocycles. The Balaban J connectivity index is 3.99. The Labute approximate surface area is 89.8 Å². The van der Waals surface area contributed by atoms with Crippen molar-refractivity contribution in [1.82, 2.24) is 4.90 Å². The van der Waals surface area contributed by atoms with Gasteiger partial charge in [0.15, 0.2) is 0 Å². The average molecular weight is 273 g/mol. The molecule has 0 N–H and O–H groups in total. The Hall–Kier alpha value is -0.280. The van der Waals surface area contributed by atoms with E-state index < -0.39 is 11.0 Å². The number of halogens is 4. The fourth-order valence-corrected chi connectivity index (χ4v) is 1.33. The minimum absolute atomic E-state index is 0.109. The zero-order valence-corrected chi connectivity index (χ0v) is 9.40. The Morgan fingerprint density at radius 2 is 2.07 bits per heavy atom. The van der Waals surface area contributed by atoms with E-state index in [1.807, 2.05) is 6.07 Å². The van der Waals surface area contributed by atoms with Crippen molar-refractivity contribution in [2.24, 2.45) is 0 Å². The molecule has 0 aliphatic heterocycles. The van der Waals surface area contributed by atoms with Gasteiger partial charge in [-0.15, -0.1) is 0 Å². The van der Waals surface area contributed by atoms with E-state index in [2.05, 4.69) is 15.9 Å². The van der Waals surface area contributed by atoms with E-state index >= 15 is 0 Å². The van der Waals surface area contributed by atoms with Gasteiger partial charge in [-0.3, -0.25) is 0 Å². The van der Waals surface area contributed by atoms with E-state index in [4.69, 9.17) is 5.26 Å². The van der Waals surface area contributed by atoms with Crippen molar-refractivity contribution >= 4 is 15.9 Å². The molecule has 0 radical (unpaired) electrons. The zero-order chi connectivity index (χ0) is 11.2. The molecule has 0 bridgehead atoms. The second-order valence-electron chi connectivity index (χ2n) is 2.81. The highest BCUT2D eigenvalue weighted by Gasteiger charge is 2.38. The molecular formula is C8H12BrF3N2. The van der Waals surface area contributed by atoms with E-state index in [0.29, 0.717) is 13.1 Å². The first-order chi connectivity index (χ1) is 6.41. The monoisotopic (exact) mass is 272 g/mol. The van der Waals surface area contributed by atoms with Gasteiger partial charge in [-0.2, -0.15) is 18.4 Å². The normalized spacial score (nSPS) is 14.1. The summed E-state index contributed by atoms with van der Waals surface area (Å²) in [6.07, 6.45) is -3.97. The lowest BCUT2D eigenvalue weighted by Crippen LogP contribution is -2.37. The maximum absolute atomic E-state index is 12.1. The van der Waals surface area contributed by atoms with Gasteiger partial charge in [0.2, 0.25) is 0 Å². The molecule has 0 aliphatic carbocycles. The topological polar surface area (TPSA) is 27.0 Å². The van der Waals surface area contributed by atoms with Crippen LogP contribution in [0.15, 0.2) is 0 Å². The fourth-order valence-electron chi connectivity index (χ4n) is 0.917. The molecule has 0 saturated carbocycles. The van der Waals surface area contributed by atoms with Gasteiger partial charge >= 0.3 is 6.18 Å². The molecule has 6 heteroatoms. The minimum atomic E-state index is -4.22. The Bertz CT molecular complexity index is 200. The third kappa shape index (κ3) is 5.45. The number of nitriles is 1. The van der Waals surface area contributed by atoms with Gasteiger partial charge in [0.1, 0.15) is 4.83 Å². The lowest BCUT2D eigenvalue weighted by atomic mass is 10.3. The molecule has 2 nitrogen and oxygen atoms in total. The molecular weight excluding hydrogens is 261 g/mol. The first-order valence-corrected chi connectivity index (χ1v) is 5.13. The largest absolute Gasteiger partial charge is 0.402 e. The van der Waals surface area contributed by atoms with Crippen molar-refractivity contribution in [1.29, 1.82) is 5.26 Å². The summed E-state index contributed by atoms with van der Waals surface area (Å²) in [6, 6.07) is 1.91. The lowest BCUT2D eigenvalue weighted by Gasteiger charge is -2.23. The molecule has 1 unspecified atom stereocenters. The van der Waals surface area contributed by atoms with Gasteiger partial charge in [-0.1, -0.05) is 22.9 Å². The third-order valence-corrected chi connectivity index (χ3v) is 2.57. The minimum Gasteiger partial charge on any atom is -0.301 e. The highest BCUT2D eigenvalue weighted by molar-refractivity contribution is 9.09. The van der Waals surface area contributed by atoms with E-state index in [-0.39, 0.29) is 13.0 Å². The standard InChI is InChI=1S/C8H12BrF3N2/c1-2-14(5-3-4-13)6-7(9)8(10,11)12/h7H,2-3,5-6H2,1H3. The summed E-state index contributed by atoms with van der Waals surface area (Å²) in [5.41, 5.74) is 0. The van der Waals surface area contributed by atoms with Crippen LogP contribution < -0.4 is 0 Å². The van der Waals surface area contributed by atoms with E-state index in [0.717, 1.165) is 0 Å². The van der Waals surface area contributed by atoms with Crippen LogP contribution in [0.25, 0.3) is 0 Å². The highest BCUT2D eigenvalue weighted by atomic mass is 79.9. The summed E-state index contributed by atoms with van der Waals surface area (Å²) in [4.78, 5) is 0.0736. The van der Waals surface area contributed by atoms with Gasteiger partial charge in [0.25, 0.3) is 0 Å². The van der Waals surface area contributed by atoms with Crippen LogP contribution in [0.1, 0.15) is 13.3 Å². The van der Waals surface area contributed by atoms with Gasteiger partial charge in [-0.25, -0.2) is 0 Å². The van der Waals surface area contributed by atoms with Gasteiger partial charge in [0, 0.05) is 19.5 Å². The number of alkyl halides is 4.